The molecular weight excluding hydrogens is 454 g/mol. The molecule has 0 radical (unpaired) electrons. The van der Waals surface area contributed by atoms with Crippen LogP contribution in [0.4, 0.5) is 14.5 Å². The molecule has 4 N–H and O–H groups in total. The van der Waals surface area contributed by atoms with E-state index >= 15 is 0 Å². The van der Waals surface area contributed by atoms with Crippen molar-refractivity contribution in [3.63, 3.8) is 0 Å². The Bertz CT molecular complexity index is 1530. The average molecular weight is 470 g/mol. The first kappa shape index (κ1) is 22.1. The zero-order valence-electron chi connectivity index (χ0n) is 17.0. The van der Waals surface area contributed by atoms with Gasteiger partial charge in [-0.15, -0.1) is 0 Å². The Kier molecular flexibility index (Phi) is 5.42. The molecule has 0 saturated carbocycles. The lowest BCUT2D eigenvalue weighted by molar-refractivity contribution is 0.0996. The van der Waals surface area contributed by atoms with Crippen molar-refractivity contribution in [1.29, 1.82) is 0 Å². The standard InChI is InChI=1S/C22H16F2N4O4S/c1-33(31,32)28-13-4-2-11(3-5-13)12-8-15-16(10-27-22(15)26-9-12)20(29)18-17(23)7-6-14(19(18)24)21(25)30/h2-10,28H,1H3,(H2,25,30)(H,26,27). The molecule has 11 heteroatoms. The predicted octanol–water partition coefficient (Wildman–Crippen LogP) is 3.21. The van der Waals surface area contributed by atoms with Crippen LogP contribution < -0.4 is 10.5 Å². The summed E-state index contributed by atoms with van der Waals surface area (Å²) < 4.78 is 54.1. The quantitative estimate of drug-likeness (QED) is 0.372. The van der Waals surface area contributed by atoms with Crippen molar-refractivity contribution < 1.29 is 26.8 Å². The zero-order chi connectivity index (χ0) is 23.9. The molecule has 8 nitrogen and oxygen atoms in total. The van der Waals surface area contributed by atoms with Crippen LogP contribution in [0.5, 0.6) is 0 Å². The highest BCUT2D eigenvalue weighted by molar-refractivity contribution is 7.92. The smallest absolute Gasteiger partial charge is 0.251 e. The van der Waals surface area contributed by atoms with E-state index in [0.29, 0.717) is 27.8 Å². The third-order valence-corrected chi connectivity index (χ3v) is 5.49. The number of halogens is 2. The average Bonchev–Trinajstić information content (AvgIpc) is 3.16. The van der Waals surface area contributed by atoms with Crippen LogP contribution in [0.2, 0.25) is 0 Å². The van der Waals surface area contributed by atoms with E-state index in [-0.39, 0.29) is 5.56 Å². The van der Waals surface area contributed by atoms with E-state index in [0.717, 1.165) is 18.4 Å². The minimum Gasteiger partial charge on any atom is -0.366 e. The number of anilines is 1. The summed E-state index contributed by atoms with van der Waals surface area (Å²) in [5, 5.41) is 0.305. The summed E-state index contributed by atoms with van der Waals surface area (Å²) in [5.41, 5.74) is 5.49. The molecule has 1 amide bonds. The minimum atomic E-state index is -3.43. The number of ketones is 1. The van der Waals surface area contributed by atoms with Crippen molar-refractivity contribution >= 4 is 38.4 Å². The number of carbonyl (C=O) groups is 2. The molecule has 0 aliphatic rings. The van der Waals surface area contributed by atoms with Crippen molar-refractivity contribution in [3.8, 4) is 11.1 Å². The maximum Gasteiger partial charge on any atom is 0.251 e. The van der Waals surface area contributed by atoms with Crippen LogP contribution in [0.1, 0.15) is 26.3 Å². The van der Waals surface area contributed by atoms with Crippen molar-refractivity contribution in [2.24, 2.45) is 5.73 Å². The van der Waals surface area contributed by atoms with Gasteiger partial charge in [-0.2, -0.15) is 0 Å². The number of aromatic nitrogens is 2. The number of primary amides is 1. The lowest BCUT2D eigenvalue weighted by Crippen LogP contribution is -2.17. The van der Waals surface area contributed by atoms with E-state index in [4.69, 9.17) is 5.73 Å². The molecule has 2 heterocycles. The SMILES string of the molecule is CS(=O)(=O)Nc1ccc(-c2cnc3[nH]cc(C(=O)c4c(F)ccc(C(N)=O)c4F)c3c2)cc1. The van der Waals surface area contributed by atoms with E-state index in [2.05, 4.69) is 14.7 Å². The molecule has 0 saturated heterocycles. The maximum atomic E-state index is 14.7. The third kappa shape index (κ3) is 4.30. The molecule has 2 aromatic heterocycles. The van der Waals surface area contributed by atoms with Gasteiger partial charge in [0.1, 0.15) is 17.3 Å². The minimum absolute atomic E-state index is 0.0471. The number of benzene rings is 2. The Morgan fingerprint density at radius 1 is 1.03 bits per heavy atom. The Balaban J connectivity index is 1.76. The highest BCUT2D eigenvalue weighted by Crippen LogP contribution is 2.29. The third-order valence-electron chi connectivity index (χ3n) is 4.88. The van der Waals surface area contributed by atoms with Crippen LogP contribution in [0, 0.1) is 11.6 Å². The van der Waals surface area contributed by atoms with Crippen LogP contribution in [-0.2, 0) is 10.0 Å². The largest absolute Gasteiger partial charge is 0.366 e. The van der Waals surface area contributed by atoms with Crippen LogP contribution in [0.3, 0.4) is 0 Å². The summed E-state index contributed by atoms with van der Waals surface area (Å²) in [4.78, 5) is 31.5. The number of fused-ring (bicyclic) bond motifs is 1. The normalized spacial score (nSPS) is 11.5. The summed E-state index contributed by atoms with van der Waals surface area (Å²) in [6.45, 7) is 0. The fourth-order valence-electron chi connectivity index (χ4n) is 3.38. The van der Waals surface area contributed by atoms with E-state index in [9.17, 15) is 26.8 Å². The van der Waals surface area contributed by atoms with Crippen molar-refractivity contribution in [3.05, 3.63) is 83.2 Å². The molecule has 168 valence electrons. The summed E-state index contributed by atoms with van der Waals surface area (Å²) in [7, 11) is -3.43. The number of pyridine rings is 1. The van der Waals surface area contributed by atoms with Crippen molar-refractivity contribution in [1.82, 2.24) is 9.97 Å². The number of nitrogens with zero attached hydrogens (tertiary/aromatic N) is 1. The van der Waals surface area contributed by atoms with E-state index in [1.54, 1.807) is 30.3 Å². The molecule has 0 unspecified atom stereocenters. The number of hydrogen-bond donors (Lipinski definition) is 3. The number of rotatable bonds is 6. The van der Waals surface area contributed by atoms with Crippen molar-refractivity contribution in [2.75, 3.05) is 11.0 Å². The molecule has 4 aromatic rings. The van der Waals surface area contributed by atoms with E-state index < -0.39 is 44.5 Å². The number of amides is 1. The molecule has 0 fully saturated rings. The lowest BCUT2D eigenvalue weighted by atomic mass is 9.98. The summed E-state index contributed by atoms with van der Waals surface area (Å²) >= 11 is 0. The lowest BCUT2D eigenvalue weighted by Gasteiger charge is -2.08. The van der Waals surface area contributed by atoms with Gasteiger partial charge in [-0.1, -0.05) is 12.1 Å². The number of aromatic amines is 1. The molecule has 0 aliphatic carbocycles. The van der Waals surface area contributed by atoms with Gasteiger partial charge in [0.25, 0.3) is 5.91 Å². The summed E-state index contributed by atoms with van der Waals surface area (Å²) in [6.07, 6.45) is 3.84. The first-order valence-electron chi connectivity index (χ1n) is 9.43. The second-order valence-electron chi connectivity index (χ2n) is 7.25. The van der Waals surface area contributed by atoms with Crippen LogP contribution in [-0.4, -0.2) is 36.3 Å². The maximum absolute atomic E-state index is 14.7. The fourth-order valence-corrected chi connectivity index (χ4v) is 3.94. The van der Waals surface area contributed by atoms with Gasteiger partial charge >= 0.3 is 0 Å². The van der Waals surface area contributed by atoms with Gasteiger partial charge in [-0.05, 0) is 35.9 Å². The van der Waals surface area contributed by atoms with Crippen LogP contribution in [0.15, 0.2) is 54.9 Å². The monoisotopic (exact) mass is 470 g/mol. The number of hydrogen-bond acceptors (Lipinski definition) is 5. The van der Waals surface area contributed by atoms with Crippen molar-refractivity contribution in [2.45, 2.75) is 0 Å². The second kappa shape index (κ2) is 8.10. The Hall–Kier alpha value is -4.12. The Morgan fingerprint density at radius 3 is 2.36 bits per heavy atom. The van der Waals surface area contributed by atoms with Gasteiger partial charge in [-0.3, -0.25) is 14.3 Å². The number of carbonyl (C=O) groups excluding carboxylic acids is 2. The fraction of sp³-hybridized carbons (Fsp3) is 0.0455. The molecule has 4 rings (SSSR count). The number of sulfonamides is 1. The van der Waals surface area contributed by atoms with E-state index in [1.165, 1.54) is 12.4 Å². The molecule has 0 bridgehead atoms. The van der Waals surface area contributed by atoms with Gasteiger partial charge in [-0.25, -0.2) is 22.2 Å². The highest BCUT2D eigenvalue weighted by Gasteiger charge is 2.25. The number of nitrogens with one attached hydrogen (secondary N) is 2. The van der Waals surface area contributed by atoms with Crippen LogP contribution >= 0.6 is 0 Å². The van der Waals surface area contributed by atoms with Gasteiger partial charge in [0, 0.05) is 34.6 Å². The summed E-state index contributed by atoms with van der Waals surface area (Å²) in [5.74, 6) is -4.57. The topological polar surface area (TPSA) is 135 Å². The zero-order valence-corrected chi connectivity index (χ0v) is 17.8. The summed E-state index contributed by atoms with van der Waals surface area (Å²) in [6, 6.07) is 9.72. The molecule has 0 aliphatic heterocycles. The number of H-pyrrole nitrogens is 1. The first-order valence-corrected chi connectivity index (χ1v) is 11.3. The van der Waals surface area contributed by atoms with Crippen LogP contribution in [0.25, 0.3) is 22.2 Å². The van der Waals surface area contributed by atoms with Gasteiger partial charge in [0.2, 0.25) is 15.8 Å². The van der Waals surface area contributed by atoms with Gasteiger partial charge in [0.15, 0.2) is 0 Å². The predicted molar refractivity (Wildman–Crippen MR) is 118 cm³/mol. The Labute approximate surface area is 186 Å². The van der Waals surface area contributed by atoms with Gasteiger partial charge in [0.05, 0.1) is 17.4 Å². The Morgan fingerprint density at radius 2 is 1.73 bits per heavy atom. The van der Waals surface area contributed by atoms with E-state index in [1.807, 2.05) is 0 Å². The highest BCUT2D eigenvalue weighted by atomic mass is 32.2. The first-order chi connectivity index (χ1) is 15.5. The van der Waals surface area contributed by atoms with Gasteiger partial charge < -0.3 is 10.7 Å². The molecule has 0 spiro atoms. The molecular formula is C22H16F2N4O4S. The second-order valence-corrected chi connectivity index (χ2v) is 9.00. The number of nitrogens with two attached hydrogens (primary N) is 1. The molecule has 2 aromatic carbocycles. The molecule has 33 heavy (non-hydrogen) atoms. The molecule has 0 atom stereocenters.